The maximum atomic E-state index is 14.3. The summed E-state index contributed by atoms with van der Waals surface area (Å²) in [5.74, 6) is -0.824. The van der Waals surface area contributed by atoms with E-state index in [4.69, 9.17) is 9.47 Å². The molecule has 3 aromatic rings. The summed E-state index contributed by atoms with van der Waals surface area (Å²) in [6.07, 6.45) is 2.95. The molecule has 0 aliphatic carbocycles. The van der Waals surface area contributed by atoms with E-state index in [0.717, 1.165) is 17.0 Å². The molecule has 0 saturated carbocycles. The molecule has 3 rings (SSSR count). The molecule has 1 aromatic heterocycles. The predicted octanol–water partition coefficient (Wildman–Crippen LogP) is 5.29. The third kappa shape index (κ3) is 5.00. The fraction of sp³-hybridized carbons (Fsp3) is 0.136. The number of ether oxygens (including phenoxy) is 2. The Morgan fingerprint density at radius 1 is 1.07 bits per heavy atom. The highest BCUT2D eigenvalue weighted by Gasteiger charge is 2.19. The Balaban J connectivity index is 1.89. The highest BCUT2D eigenvalue weighted by atomic mass is 32.1. The van der Waals surface area contributed by atoms with E-state index < -0.39 is 17.5 Å². The van der Waals surface area contributed by atoms with Crippen LogP contribution >= 0.6 is 11.3 Å². The van der Waals surface area contributed by atoms with Crippen LogP contribution in [0.15, 0.2) is 60.0 Å². The first kappa shape index (κ1) is 20.5. The van der Waals surface area contributed by atoms with Gasteiger partial charge in [-0.3, -0.25) is 4.79 Å². The van der Waals surface area contributed by atoms with Crippen molar-refractivity contribution >= 4 is 29.0 Å². The number of hydrogen-bond acceptors (Lipinski definition) is 4. The minimum absolute atomic E-state index is 0.0155. The van der Waals surface area contributed by atoms with Gasteiger partial charge in [0.1, 0.15) is 11.6 Å². The van der Waals surface area contributed by atoms with Gasteiger partial charge in [-0.05, 0) is 47.4 Å². The van der Waals surface area contributed by atoms with Crippen molar-refractivity contribution in [3.8, 4) is 11.5 Å². The number of benzene rings is 2. The van der Waals surface area contributed by atoms with E-state index in [2.05, 4.69) is 0 Å². The van der Waals surface area contributed by atoms with E-state index in [0.29, 0.717) is 17.1 Å². The largest absolute Gasteiger partial charge is 0.493 e. The van der Waals surface area contributed by atoms with Crippen LogP contribution in [0.3, 0.4) is 0 Å². The van der Waals surface area contributed by atoms with E-state index in [9.17, 15) is 13.6 Å². The van der Waals surface area contributed by atoms with Crippen molar-refractivity contribution in [3.05, 3.63) is 82.1 Å². The molecule has 0 N–H and O–H groups in total. The van der Waals surface area contributed by atoms with Crippen LogP contribution in [0.2, 0.25) is 0 Å². The van der Waals surface area contributed by atoms with Crippen LogP contribution in [-0.4, -0.2) is 20.1 Å². The Labute approximate surface area is 171 Å². The molecule has 0 bridgehead atoms. The van der Waals surface area contributed by atoms with Crippen molar-refractivity contribution in [3.63, 3.8) is 0 Å². The SMILES string of the molecule is COc1ccc(C=CC(=O)N(Cc2cccs2)c2ccc(F)cc2F)cc1OC. The standard InChI is InChI=1S/C22H19F2NO3S/c1-27-20-9-5-15(12-21(20)28-2)6-10-22(26)25(14-17-4-3-11-29-17)19-8-7-16(23)13-18(19)24/h3-13H,14H2,1-2H3. The van der Waals surface area contributed by atoms with Gasteiger partial charge in [0.15, 0.2) is 11.5 Å². The number of carbonyl (C=O) groups excluding carboxylic acids is 1. The number of amides is 1. The Morgan fingerprint density at radius 3 is 2.52 bits per heavy atom. The van der Waals surface area contributed by atoms with Gasteiger partial charge >= 0.3 is 0 Å². The third-order valence-corrected chi connectivity index (χ3v) is 5.05. The second kappa shape index (κ2) is 9.34. The van der Waals surface area contributed by atoms with Crippen molar-refractivity contribution in [1.82, 2.24) is 0 Å². The summed E-state index contributed by atoms with van der Waals surface area (Å²) in [6.45, 7) is 0.176. The summed E-state index contributed by atoms with van der Waals surface area (Å²) in [7, 11) is 3.06. The Bertz CT molecular complexity index is 1020. The van der Waals surface area contributed by atoms with E-state index >= 15 is 0 Å². The van der Waals surface area contributed by atoms with Gasteiger partial charge in [0.2, 0.25) is 0 Å². The van der Waals surface area contributed by atoms with Gasteiger partial charge in [-0.15, -0.1) is 11.3 Å². The summed E-state index contributed by atoms with van der Waals surface area (Å²) in [5, 5.41) is 1.87. The Hall–Kier alpha value is -3.19. The maximum Gasteiger partial charge on any atom is 0.251 e. The number of thiophene rings is 1. The van der Waals surface area contributed by atoms with Crippen LogP contribution in [0, 0.1) is 11.6 Å². The summed E-state index contributed by atoms with van der Waals surface area (Å²) >= 11 is 1.45. The number of nitrogens with zero attached hydrogens (tertiary/aromatic N) is 1. The van der Waals surface area contributed by atoms with Gasteiger partial charge in [-0.2, -0.15) is 0 Å². The smallest absolute Gasteiger partial charge is 0.251 e. The molecule has 150 valence electrons. The molecule has 1 heterocycles. The van der Waals surface area contributed by atoms with Crippen molar-refractivity contribution in [1.29, 1.82) is 0 Å². The fourth-order valence-corrected chi connectivity index (χ4v) is 3.45. The molecule has 0 aliphatic rings. The van der Waals surface area contributed by atoms with Crippen LogP contribution < -0.4 is 14.4 Å². The molecule has 4 nitrogen and oxygen atoms in total. The van der Waals surface area contributed by atoms with Gasteiger partial charge in [0, 0.05) is 17.0 Å². The molecule has 0 unspecified atom stereocenters. The van der Waals surface area contributed by atoms with E-state index in [1.165, 1.54) is 42.6 Å². The number of halogens is 2. The van der Waals surface area contributed by atoms with E-state index in [-0.39, 0.29) is 12.2 Å². The number of hydrogen-bond donors (Lipinski definition) is 0. The van der Waals surface area contributed by atoms with Gasteiger partial charge in [-0.1, -0.05) is 12.1 Å². The summed E-state index contributed by atoms with van der Waals surface area (Å²) in [5.41, 5.74) is 0.730. The van der Waals surface area contributed by atoms with E-state index in [1.807, 2.05) is 17.5 Å². The lowest BCUT2D eigenvalue weighted by Gasteiger charge is -2.21. The van der Waals surface area contributed by atoms with Crippen molar-refractivity contribution in [2.75, 3.05) is 19.1 Å². The van der Waals surface area contributed by atoms with Crippen LogP contribution in [-0.2, 0) is 11.3 Å². The molecule has 0 fully saturated rings. The number of rotatable bonds is 7. The monoisotopic (exact) mass is 415 g/mol. The molecule has 2 aromatic carbocycles. The first-order valence-corrected chi connectivity index (χ1v) is 9.59. The first-order valence-electron chi connectivity index (χ1n) is 8.71. The lowest BCUT2D eigenvalue weighted by atomic mass is 10.1. The average Bonchev–Trinajstić information content (AvgIpc) is 3.23. The number of methoxy groups -OCH3 is 2. The normalized spacial score (nSPS) is 10.9. The quantitative estimate of drug-likeness (QED) is 0.492. The molecule has 0 radical (unpaired) electrons. The fourth-order valence-electron chi connectivity index (χ4n) is 2.75. The Kier molecular flexibility index (Phi) is 6.61. The summed E-state index contributed by atoms with van der Waals surface area (Å²) < 4.78 is 38.1. The van der Waals surface area contributed by atoms with Crippen LogP contribution in [0.1, 0.15) is 10.4 Å². The zero-order valence-electron chi connectivity index (χ0n) is 15.9. The van der Waals surface area contributed by atoms with Crippen LogP contribution in [0.5, 0.6) is 11.5 Å². The van der Waals surface area contributed by atoms with Crippen LogP contribution in [0.25, 0.3) is 6.08 Å². The highest BCUT2D eigenvalue weighted by Crippen LogP contribution is 2.28. The zero-order valence-corrected chi connectivity index (χ0v) is 16.7. The van der Waals surface area contributed by atoms with Crippen LogP contribution in [0.4, 0.5) is 14.5 Å². The van der Waals surface area contributed by atoms with Gasteiger partial charge in [0.25, 0.3) is 5.91 Å². The molecule has 0 aliphatic heterocycles. The van der Waals surface area contributed by atoms with Crippen molar-refractivity contribution in [2.45, 2.75) is 6.54 Å². The average molecular weight is 415 g/mol. The Morgan fingerprint density at radius 2 is 1.86 bits per heavy atom. The molecule has 0 saturated heterocycles. The van der Waals surface area contributed by atoms with Gasteiger partial charge < -0.3 is 14.4 Å². The lowest BCUT2D eigenvalue weighted by molar-refractivity contribution is -0.114. The minimum Gasteiger partial charge on any atom is -0.493 e. The second-order valence-electron chi connectivity index (χ2n) is 6.05. The first-order chi connectivity index (χ1) is 14.0. The maximum absolute atomic E-state index is 14.3. The zero-order chi connectivity index (χ0) is 20.8. The van der Waals surface area contributed by atoms with Gasteiger partial charge in [-0.25, -0.2) is 8.78 Å². The second-order valence-corrected chi connectivity index (χ2v) is 7.08. The highest BCUT2D eigenvalue weighted by molar-refractivity contribution is 7.09. The van der Waals surface area contributed by atoms with E-state index in [1.54, 1.807) is 24.3 Å². The van der Waals surface area contributed by atoms with Crippen molar-refractivity contribution < 1.29 is 23.0 Å². The van der Waals surface area contributed by atoms with Crippen molar-refractivity contribution in [2.24, 2.45) is 0 Å². The lowest BCUT2D eigenvalue weighted by Crippen LogP contribution is -2.29. The number of carbonyl (C=O) groups is 1. The molecule has 1 amide bonds. The third-order valence-electron chi connectivity index (χ3n) is 4.19. The molecule has 0 spiro atoms. The molecule has 7 heteroatoms. The molecule has 29 heavy (non-hydrogen) atoms. The number of anilines is 1. The predicted molar refractivity (Wildman–Crippen MR) is 110 cm³/mol. The summed E-state index contributed by atoms with van der Waals surface area (Å²) in [4.78, 5) is 15.0. The molecule has 0 atom stereocenters. The van der Waals surface area contributed by atoms with Gasteiger partial charge in [0.05, 0.1) is 26.5 Å². The minimum atomic E-state index is -0.797. The molecular weight excluding hydrogens is 396 g/mol. The topological polar surface area (TPSA) is 38.8 Å². The molecular formula is C22H19F2NO3S. The summed E-state index contributed by atoms with van der Waals surface area (Å²) in [6, 6.07) is 12.1.